The van der Waals surface area contributed by atoms with Crippen molar-refractivity contribution in [2.75, 3.05) is 43.4 Å². The number of rotatable bonds is 6. The lowest BCUT2D eigenvalue weighted by Gasteiger charge is -2.37. The first-order valence-corrected chi connectivity index (χ1v) is 13.1. The van der Waals surface area contributed by atoms with E-state index in [1.807, 2.05) is 6.07 Å². The molecular weight excluding hydrogens is 458 g/mol. The summed E-state index contributed by atoms with van der Waals surface area (Å²) in [5.74, 6) is -0.645. The molecule has 182 valence electrons. The zero-order valence-electron chi connectivity index (χ0n) is 19.4. The van der Waals surface area contributed by atoms with Crippen molar-refractivity contribution in [1.82, 2.24) is 4.90 Å². The van der Waals surface area contributed by atoms with Crippen LogP contribution in [-0.4, -0.2) is 68.8 Å². The summed E-state index contributed by atoms with van der Waals surface area (Å²) >= 11 is 0. The number of benzene rings is 2. The third kappa shape index (κ3) is 4.92. The summed E-state index contributed by atoms with van der Waals surface area (Å²) in [6.45, 7) is 6.87. The smallest absolute Gasteiger partial charge is 0.288 e. The monoisotopic (exact) mass is 487 g/mol. The molecule has 34 heavy (non-hydrogen) atoms. The first-order chi connectivity index (χ1) is 16.2. The van der Waals surface area contributed by atoms with Crippen LogP contribution in [0.2, 0.25) is 0 Å². The number of nitrogens with zero attached hydrogens (tertiary/aromatic N) is 3. The predicted molar refractivity (Wildman–Crippen MR) is 128 cm³/mol. The molecule has 2 aromatic rings. The van der Waals surface area contributed by atoms with Gasteiger partial charge in [-0.1, -0.05) is 12.1 Å². The van der Waals surface area contributed by atoms with Gasteiger partial charge >= 0.3 is 0 Å². The quantitative estimate of drug-likeness (QED) is 0.455. The number of sulfone groups is 1. The number of amides is 1. The van der Waals surface area contributed by atoms with Crippen LogP contribution in [0.3, 0.4) is 0 Å². The van der Waals surface area contributed by atoms with Gasteiger partial charge in [0.05, 0.1) is 16.8 Å². The third-order valence-corrected chi connectivity index (χ3v) is 8.48. The molecule has 1 atom stereocenters. The van der Waals surface area contributed by atoms with Crippen molar-refractivity contribution in [3.63, 3.8) is 0 Å². The highest BCUT2D eigenvalue weighted by atomic mass is 32.2. The second-order valence-electron chi connectivity index (χ2n) is 8.85. The zero-order chi connectivity index (χ0) is 24.5. The lowest BCUT2D eigenvalue weighted by molar-refractivity contribution is -0.387. The molecule has 1 amide bonds. The lowest BCUT2D eigenvalue weighted by atomic mass is 10.1. The normalized spacial score (nSPS) is 18.8. The number of piperazine rings is 1. The first-order valence-electron chi connectivity index (χ1n) is 11.4. The Morgan fingerprint density at radius 2 is 1.88 bits per heavy atom. The Hall–Kier alpha value is -2.98. The largest absolute Gasteiger partial charge is 0.377 e. The summed E-state index contributed by atoms with van der Waals surface area (Å²) < 4.78 is 31.1. The average molecular weight is 488 g/mol. The van der Waals surface area contributed by atoms with Gasteiger partial charge in [0.2, 0.25) is 0 Å². The Balaban J connectivity index is 1.50. The molecule has 9 nitrogen and oxygen atoms in total. The zero-order valence-corrected chi connectivity index (χ0v) is 20.2. The summed E-state index contributed by atoms with van der Waals surface area (Å²) in [4.78, 5) is 27.6. The van der Waals surface area contributed by atoms with E-state index in [4.69, 9.17) is 4.74 Å². The summed E-state index contributed by atoms with van der Waals surface area (Å²) in [6, 6.07) is 9.79. The second kappa shape index (κ2) is 9.71. The van der Waals surface area contributed by atoms with Gasteiger partial charge in [-0.05, 0) is 56.0 Å². The van der Waals surface area contributed by atoms with Crippen LogP contribution in [0.25, 0.3) is 0 Å². The molecule has 1 unspecified atom stereocenters. The molecular formula is C24H29N3O6S. The molecule has 0 radical (unpaired) electrons. The van der Waals surface area contributed by atoms with Crippen molar-refractivity contribution >= 4 is 27.1 Å². The number of hydrogen-bond donors (Lipinski definition) is 0. The van der Waals surface area contributed by atoms with Gasteiger partial charge < -0.3 is 14.5 Å². The van der Waals surface area contributed by atoms with Crippen molar-refractivity contribution in [1.29, 1.82) is 0 Å². The number of nitro groups is 1. The fraction of sp³-hybridized carbons (Fsp3) is 0.458. The Kier molecular flexibility index (Phi) is 6.90. The molecule has 10 heteroatoms. The van der Waals surface area contributed by atoms with Gasteiger partial charge in [-0.15, -0.1) is 0 Å². The van der Waals surface area contributed by atoms with Crippen LogP contribution in [0.4, 0.5) is 11.4 Å². The van der Waals surface area contributed by atoms with E-state index in [2.05, 4.69) is 30.9 Å². The number of nitro benzene ring substituents is 1. The SMILES string of the molecule is Cc1cccc(N2CCN(C(=O)c3ccc(S(=O)(=O)CC4CCCO4)c([N+](=O)[O-])c3)CC2)c1C. The Morgan fingerprint density at radius 3 is 2.53 bits per heavy atom. The van der Waals surface area contributed by atoms with Crippen LogP contribution < -0.4 is 4.90 Å². The molecule has 2 aliphatic heterocycles. The number of carbonyl (C=O) groups is 1. The van der Waals surface area contributed by atoms with Crippen LogP contribution in [-0.2, 0) is 14.6 Å². The van der Waals surface area contributed by atoms with Crippen LogP contribution >= 0.6 is 0 Å². The van der Waals surface area contributed by atoms with Crippen LogP contribution in [0.5, 0.6) is 0 Å². The molecule has 4 rings (SSSR count). The maximum atomic E-state index is 13.1. The van der Waals surface area contributed by atoms with E-state index in [0.29, 0.717) is 39.2 Å². The van der Waals surface area contributed by atoms with E-state index in [1.54, 1.807) is 4.90 Å². The average Bonchev–Trinajstić information content (AvgIpc) is 3.32. The van der Waals surface area contributed by atoms with Crippen molar-refractivity contribution in [3.8, 4) is 0 Å². The van der Waals surface area contributed by atoms with E-state index >= 15 is 0 Å². The Bertz CT molecular complexity index is 1200. The van der Waals surface area contributed by atoms with Crippen LogP contribution in [0, 0.1) is 24.0 Å². The van der Waals surface area contributed by atoms with E-state index in [-0.39, 0.29) is 22.1 Å². The fourth-order valence-corrected chi connectivity index (χ4v) is 6.24. The van der Waals surface area contributed by atoms with Gasteiger partial charge in [-0.3, -0.25) is 14.9 Å². The highest BCUT2D eigenvalue weighted by molar-refractivity contribution is 7.91. The van der Waals surface area contributed by atoms with Crippen molar-refractivity contribution in [2.45, 2.75) is 37.7 Å². The minimum Gasteiger partial charge on any atom is -0.377 e. The van der Waals surface area contributed by atoms with Gasteiger partial charge in [-0.25, -0.2) is 8.42 Å². The molecule has 2 heterocycles. The minimum absolute atomic E-state index is 0.114. The van der Waals surface area contributed by atoms with Gasteiger partial charge in [0.25, 0.3) is 11.6 Å². The van der Waals surface area contributed by atoms with Gasteiger partial charge in [-0.2, -0.15) is 0 Å². The number of carbonyl (C=O) groups excluding carboxylic acids is 1. The van der Waals surface area contributed by atoms with Crippen molar-refractivity contribution < 1.29 is 22.9 Å². The maximum Gasteiger partial charge on any atom is 0.288 e. The molecule has 2 aromatic carbocycles. The molecule has 2 aliphatic rings. The van der Waals surface area contributed by atoms with Gasteiger partial charge in [0.1, 0.15) is 4.90 Å². The Morgan fingerprint density at radius 1 is 1.15 bits per heavy atom. The number of hydrogen-bond acceptors (Lipinski definition) is 7. The number of ether oxygens (including phenoxy) is 1. The maximum absolute atomic E-state index is 13.1. The van der Waals surface area contributed by atoms with Gasteiger partial charge in [0, 0.05) is 50.1 Å². The first kappa shape index (κ1) is 24.2. The highest BCUT2D eigenvalue weighted by Gasteiger charge is 2.32. The van der Waals surface area contributed by atoms with Crippen LogP contribution in [0.1, 0.15) is 34.3 Å². The summed E-state index contributed by atoms with van der Waals surface area (Å²) in [5.41, 5.74) is 3.10. The highest BCUT2D eigenvalue weighted by Crippen LogP contribution is 2.29. The topological polar surface area (TPSA) is 110 Å². The molecule has 2 fully saturated rings. The van der Waals surface area contributed by atoms with E-state index in [1.165, 1.54) is 23.3 Å². The molecule has 0 bridgehead atoms. The minimum atomic E-state index is -3.93. The van der Waals surface area contributed by atoms with Gasteiger partial charge in [0.15, 0.2) is 9.84 Å². The molecule has 0 spiro atoms. The number of anilines is 1. The fourth-order valence-electron chi connectivity index (χ4n) is 4.58. The molecule has 0 aliphatic carbocycles. The predicted octanol–water partition coefficient (Wildman–Crippen LogP) is 3.13. The Labute approximate surface area is 199 Å². The van der Waals surface area contributed by atoms with Crippen molar-refractivity contribution in [2.24, 2.45) is 0 Å². The molecule has 2 saturated heterocycles. The van der Waals surface area contributed by atoms with Crippen molar-refractivity contribution in [3.05, 3.63) is 63.2 Å². The number of aryl methyl sites for hydroxylation is 1. The summed E-state index contributed by atoms with van der Waals surface area (Å²) in [5, 5.41) is 11.7. The van der Waals surface area contributed by atoms with E-state index in [9.17, 15) is 23.3 Å². The van der Waals surface area contributed by atoms with E-state index in [0.717, 1.165) is 18.2 Å². The third-order valence-electron chi connectivity index (χ3n) is 6.65. The standard InChI is InChI=1S/C24H29N3O6S/c1-17-5-3-7-21(18(17)2)25-10-12-26(13-11-25)24(28)19-8-9-23(22(15-19)27(29)30)34(31,32)16-20-6-4-14-33-20/h3,5,7-9,15,20H,4,6,10-14,16H2,1-2H3. The summed E-state index contributed by atoms with van der Waals surface area (Å²) in [7, 11) is -3.93. The summed E-state index contributed by atoms with van der Waals surface area (Å²) in [6.07, 6.45) is 0.920. The molecule has 0 saturated carbocycles. The van der Waals surface area contributed by atoms with Crippen LogP contribution in [0.15, 0.2) is 41.3 Å². The molecule has 0 N–H and O–H groups in total. The molecule has 0 aromatic heterocycles. The second-order valence-corrected chi connectivity index (χ2v) is 10.9. The van der Waals surface area contributed by atoms with E-state index < -0.39 is 26.6 Å². The lowest BCUT2D eigenvalue weighted by Crippen LogP contribution is -2.49.